The van der Waals surface area contributed by atoms with Gasteiger partial charge in [-0.25, -0.2) is 0 Å². The van der Waals surface area contributed by atoms with Crippen molar-refractivity contribution in [1.29, 1.82) is 0 Å². The van der Waals surface area contributed by atoms with Crippen LogP contribution in [0.1, 0.15) is 12.0 Å². The van der Waals surface area contributed by atoms with Crippen molar-refractivity contribution in [2.75, 3.05) is 27.8 Å². The molecule has 1 fully saturated rings. The summed E-state index contributed by atoms with van der Waals surface area (Å²) in [5.74, 6) is 1.19. The number of carbonyl (C=O) groups excluding carboxylic acids is 2. The van der Waals surface area contributed by atoms with Gasteiger partial charge < -0.3 is 19.7 Å². The molecule has 0 saturated carbocycles. The van der Waals surface area contributed by atoms with Crippen LogP contribution in [-0.4, -0.2) is 50.6 Å². The molecule has 1 aromatic rings. The molecule has 1 unspecified atom stereocenters. The molecule has 1 heterocycles. The van der Waals surface area contributed by atoms with Crippen molar-refractivity contribution in [3.05, 3.63) is 23.8 Å². The molecule has 6 heteroatoms. The number of methoxy groups -OCH3 is 2. The molecule has 0 aromatic heterocycles. The molecule has 1 atom stereocenters. The van der Waals surface area contributed by atoms with Crippen molar-refractivity contribution in [1.82, 2.24) is 10.2 Å². The van der Waals surface area contributed by atoms with Crippen LogP contribution in [0.2, 0.25) is 0 Å². The van der Waals surface area contributed by atoms with Gasteiger partial charge in [0, 0.05) is 20.0 Å². The highest BCUT2D eigenvalue weighted by atomic mass is 16.5. The van der Waals surface area contributed by atoms with Gasteiger partial charge in [-0.2, -0.15) is 0 Å². The second-order valence-corrected chi connectivity index (χ2v) is 5.11. The molecule has 2 rings (SSSR count). The van der Waals surface area contributed by atoms with Crippen molar-refractivity contribution >= 4 is 11.8 Å². The van der Waals surface area contributed by atoms with E-state index in [1.54, 1.807) is 38.3 Å². The minimum absolute atomic E-state index is 0.0615. The number of carbonyl (C=O) groups is 2. The molecule has 2 amide bonds. The highest BCUT2D eigenvalue weighted by Crippen LogP contribution is 2.27. The maximum atomic E-state index is 12.0. The van der Waals surface area contributed by atoms with Crippen LogP contribution in [0.3, 0.4) is 0 Å². The van der Waals surface area contributed by atoms with E-state index in [1.807, 2.05) is 6.07 Å². The number of likely N-dealkylation sites (N-methyl/N-ethyl adjacent to an activating group) is 1. The fourth-order valence-corrected chi connectivity index (χ4v) is 2.41. The Balaban J connectivity index is 1.95. The average Bonchev–Trinajstić information content (AvgIpc) is 2.76. The summed E-state index contributed by atoms with van der Waals surface area (Å²) >= 11 is 0. The van der Waals surface area contributed by atoms with Crippen LogP contribution in [0.25, 0.3) is 0 Å². The van der Waals surface area contributed by atoms with E-state index in [0.29, 0.717) is 24.5 Å². The van der Waals surface area contributed by atoms with Gasteiger partial charge in [0.2, 0.25) is 11.8 Å². The summed E-state index contributed by atoms with van der Waals surface area (Å²) in [6.07, 6.45) is 0.614. The number of benzene rings is 1. The molecular formula is C15H20N2O4. The zero-order valence-electron chi connectivity index (χ0n) is 12.5. The van der Waals surface area contributed by atoms with Crippen molar-refractivity contribution < 1.29 is 19.1 Å². The zero-order valence-corrected chi connectivity index (χ0v) is 12.5. The smallest absolute Gasteiger partial charge is 0.224 e. The summed E-state index contributed by atoms with van der Waals surface area (Å²) < 4.78 is 10.4. The van der Waals surface area contributed by atoms with Gasteiger partial charge in [0.1, 0.15) is 0 Å². The normalized spacial score (nSPS) is 17.8. The highest BCUT2D eigenvalue weighted by molar-refractivity contribution is 5.83. The van der Waals surface area contributed by atoms with Gasteiger partial charge in [0.05, 0.1) is 26.7 Å². The first-order valence-corrected chi connectivity index (χ1v) is 6.77. The predicted octanol–water partition coefficient (Wildman–Crippen LogP) is 0.593. The summed E-state index contributed by atoms with van der Waals surface area (Å²) in [6.45, 7) is 0.566. The molecule has 1 aromatic carbocycles. The topological polar surface area (TPSA) is 67.9 Å². The van der Waals surface area contributed by atoms with Crippen LogP contribution in [0, 0.1) is 0 Å². The first-order valence-electron chi connectivity index (χ1n) is 6.77. The van der Waals surface area contributed by atoms with E-state index < -0.39 is 0 Å². The monoisotopic (exact) mass is 292 g/mol. The van der Waals surface area contributed by atoms with Crippen LogP contribution < -0.4 is 14.8 Å². The third-order valence-electron chi connectivity index (χ3n) is 3.52. The second kappa shape index (κ2) is 6.47. The molecule has 1 saturated heterocycles. The van der Waals surface area contributed by atoms with Crippen LogP contribution in [0.5, 0.6) is 11.5 Å². The van der Waals surface area contributed by atoms with Gasteiger partial charge in [0.25, 0.3) is 0 Å². The van der Waals surface area contributed by atoms with E-state index in [4.69, 9.17) is 9.47 Å². The Labute approximate surface area is 124 Å². The molecule has 6 nitrogen and oxygen atoms in total. The number of rotatable bonds is 5. The molecule has 1 aliphatic heterocycles. The van der Waals surface area contributed by atoms with E-state index in [1.165, 1.54) is 0 Å². The SMILES string of the molecule is COc1ccc(CC(=O)NC2CC(=O)N(C)C2)cc1OC. The minimum Gasteiger partial charge on any atom is -0.493 e. The van der Waals surface area contributed by atoms with Crippen molar-refractivity contribution in [3.8, 4) is 11.5 Å². The third kappa shape index (κ3) is 3.65. The van der Waals surface area contributed by atoms with E-state index in [2.05, 4.69) is 5.32 Å². The Bertz CT molecular complexity index is 544. The molecule has 1 aliphatic rings. The Kier molecular flexibility index (Phi) is 4.67. The molecule has 114 valence electrons. The number of hydrogen-bond acceptors (Lipinski definition) is 4. The predicted molar refractivity (Wildman–Crippen MR) is 77.4 cm³/mol. The maximum absolute atomic E-state index is 12.0. The largest absolute Gasteiger partial charge is 0.493 e. The lowest BCUT2D eigenvalue weighted by atomic mass is 10.1. The lowest BCUT2D eigenvalue weighted by Gasteiger charge is -2.13. The van der Waals surface area contributed by atoms with E-state index in [0.717, 1.165) is 5.56 Å². The zero-order chi connectivity index (χ0) is 15.4. The Hall–Kier alpha value is -2.24. The fourth-order valence-electron chi connectivity index (χ4n) is 2.41. The quantitative estimate of drug-likeness (QED) is 0.862. The third-order valence-corrected chi connectivity index (χ3v) is 3.52. The molecule has 0 aliphatic carbocycles. The van der Waals surface area contributed by atoms with Gasteiger partial charge in [0.15, 0.2) is 11.5 Å². The lowest BCUT2D eigenvalue weighted by Crippen LogP contribution is -2.37. The molecular weight excluding hydrogens is 272 g/mol. The Morgan fingerprint density at radius 1 is 1.33 bits per heavy atom. The summed E-state index contributed by atoms with van der Waals surface area (Å²) in [4.78, 5) is 25.1. The van der Waals surface area contributed by atoms with Crippen molar-refractivity contribution in [2.45, 2.75) is 18.9 Å². The highest BCUT2D eigenvalue weighted by Gasteiger charge is 2.27. The first kappa shape index (κ1) is 15.2. The lowest BCUT2D eigenvalue weighted by molar-refractivity contribution is -0.126. The van der Waals surface area contributed by atoms with Gasteiger partial charge in [-0.15, -0.1) is 0 Å². The summed E-state index contributed by atoms with van der Waals surface area (Å²) in [6, 6.07) is 5.28. The van der Waals surface area contributed by atoms with E-state index in [9.17, 15) is 9.59 Å². The van der Waals surface area contributed by atoms with E-state index >= 15 is 0 Å². The van der Waals surface area contributed by atoms with Crippen LogP contribution in [0.15, 0.2) is 18.2 Å². The van der Waals surface area contributed by atoms with Crippen LogP contribution in [0.4, 0.5) is 0 Å². The summed E-state index contributed by atoms with van der Waals surface area (Å²) in [7, 11) is 4.86. The second-order valence-electron chi connectivity index (χ2n) is 5.11. The van der Waals surface area contributed by atoms with Crippen LogP contribution in [-0.2, 0) is 16.0 Å². The standard InChI is InChI=1S/C15H20N2O4/c1-17-9-11(8-15(17)19)16-14(18)7-10-4-5-12(20-2)13(6-10)21-3/h4-6,11H,7-9H2,1-3H3,(H,16,18). The number of hydrogen-bond donors (Lipinski definition) is 1. The Morgan fingerprint density at radius 3 is 2.62 bits per heavy atom. The number of nitrogens with one attached hydrogen (secondary N) is 1. The Morgan fingerprint density at radius 2 is 2.05 bits per heavy atom. The number of likely N-dealkylation sites (tertiary alicyclic amines) is 1. The fraction of sp³-hybridized carbons (Fsp3) is 0.467. The number of nitrogens with zero attached hydrogens (tertiary/aromatic N) is 1. The van der Waals surface area contributed by atoms with Gasteiger partial charge in [-0.05, 0) is 17.7 Å². The first-order chi connectivity index (χ1) is 10.0. The van der Waals surface area contributed by atoms with E-state index in [-0.39, 0.29) is 24.3 Å². The number of ether oxygens (including phenoxy) is 2. The maximum Gasteiger partial charge on any atom is 0.224 e. The van der Waals surface area contributed by atoms with Gasteiger partial charge in [-0.1, -0.05) is 6.07 Å². The molecule has 21 heavy (non-hydrogen) atoms. The molecule has 0 spiro atoms. The number of amides is 2. The molecule has 1 N–H and O–H groups in total. The van der Waals surface area contributed by atoms with Gasteiger partial charge in [-0.3, -0.25) is 9.59 Å². The van der Waals surface area contributed by atoms with Crippen LogP contribution >= 0.6 is 0 Å². The molecule has 0 radical (unpaired) electrons. The average molecular weight is 292 g/mol. The van der Waals surface area contributed by atoms with Gasteiger partial charge >= 0.3 is 0 Å². The summed E-state index contributed by atoms with van der Waals surface area (Å²) in [5.41, 5.74) is 0.836. The minimum atomic E-state index is -0.102. The van der Waals surface area contributed by atoms with Crippen molar-refractivity contribution in [3.63, 3.8) is 0 Å². The summed E-state index contributed by atoms with van der Waals surface area (Å²) in [5, 5.41) is 2.88. The molecule has 0 bridgehead atoms. The van der Waals surface area contributed by atoms with Crippen molar-refractivity contribution in [2.24, 2.45) is 0 Å².